The van der Waals surface area contributed by atoms with E-state index in [2.05, 4.69) is 23.0 Å². The van der Waals surface area contributed by atoms with E-state index in [1.807, 2.05) is 11.7 Å². The molecule has 0 spiro atoms. The molecule has 0 amide bonds. The lowest BCUT2D eigenvalue weighted by molar-refractivity contribution is -0.147. The summed E-state index contributed by atoms with van der Waals surface area (Å²) in [6.07, 6.45) is 2.76. The Morgan fingerprint density at radius 2 is 2.16 bits per heavy atom. The molecule has 0 aliphatic carbocycles. The number of nitrogens with zero attached hydrogens (tertiary/aromatic N) is 3. The third-order valence-electron chi connectivity index (χ3n) is 3.90. The summed E-state index contributed by atoms with van der Waals surface area (Å²) in [6, 6.07) is 2.17. The normalized spacial score (nSPS) is 17.6. The van der Waals surface area contributed by atoms with Gasteiger partial charge in [-0.1, -0.05) is 6.92 Å². The monoisotopic (exact) mass is 265 g/mol. The number of aromatic nitrogens is 2. The van der Waals surface area contributed by atoms with E-state index in [-0.39, 0.29) is 11.9 Å². The fourth-order valence-corrected chi connectivity index (χ4v) is 2.61. The SMILES string of the molecule is CCc1cc(CN2CCC(C(=O)OC)CC2)n(C)n1. The summed E-state index contributed by atoms with van der Waals surface area (Å²) in [5, 5.41) is 4.47. The van der Waals surface area contributed by atoms with Crippen LogP contribution in [0.15, 0.2) is 6.07 Å². The largest absolute Gasteiger partial charge is 0.469 e. The van der Waals surface area contributed by atoms with E-state index in [0.29, 0.717) is 0 Å². The lowest BCUT2D eigenvalue weighted by atomic mass is 9.97. The molecule has 0 atom stereocenters. The highest BCUT2D eigenvalue weighted by Gasteiger charge is 2.25. The number of likely N-dealkylation sites (tertiary alicyclic amines) is 1. The number of ether oxygens (including phenoxy) is 1. The Hall–Kier alpha value is -1.36. The first-order valence-corrected chi connectivity index (χ1v) is 6.96. The number of hydrogen-bond donors (Lipinski definition) is 0. The lowest BCUT2D eigenvalue weighted by Crippen LogP contribution is -2.36. The molecule has 1 saturated heterocycles. The second-order valence-electron chi connectivity index (χ2n) is 5.18. The summed E-state index contributed by atoms with van der Waals surface area (Å²) in [4.78, 5) is 13.9. The van der Waals surface area contributed by atoms with Gasteiger partial charge in [-0.25, -0.2) is 0 Å². The van der Waals surface area contributed by atoms with E-state index >= 15 is 0 Å². The van der Waals surface area contributed by atoms with E-state index in [9.17, 15) is 4.79 Å². The summed E-state index contributed by atoms with van der Waals surface area (Å²) < 4.78 is 6.77. The first kappa shape index (κ1) is 14.1. The molecule has 2 rings (SSSR count). The van der Waals surface area contributed by atoms with Gasteiger partial charge in [0.25, 0.3) is 0 Å². The molecule has 0 unspecified atom stereocenters. The molecule has 1 aliphatic rings. The van der Waals surface area contributed by atoms with Gasteiger partial charge in [0.1, 0.15) is 0 Å². The highest BCUT2D eigenvalue weighted by atomic mass is 16.5. The predicted molar refractivity (Wildman–Crippen MR) is 72.6 cm³/mol. The topological polar surface area (TPSA) is 47.4 Å². The molecule has 1 aromatic heterocycles. The van der Waals surface area contributed by atoms with Gasteiger partial charge in [0.05, 0.1) is 24.4 Å². The molecule has 5 nitrogen and oxygen atoms in total. The van der Waals surface area contributed by atoms with Crippen molar-refractivity contribution in [1.82, 2.24) is 14.7 Å². The highest BCUT2D eigenvalue weighted by Crippen LogP contribution is 2.20. The van der Waals surface area contributed by atoms with Gasteiger partial charge < -0.3 is 4.74 Å². The Balaban J connectivity index is 1.88. The number of carbonyl (C=O) groups is 1. The molecule has 1 fully saturated rings. The second-order valence-corrected chi connectivity index (χ2v) is 5.18. The maximum Gasteiger partial charge on any atom is 0.308 e. The molecule has 1 aromatic rings. The van der Waals surface area contributed by atoms with Crippen molar-refractivity contribution in [2.45, 2.75) is 32.7 Å². The molecule has 0 N–H and O–H groups in total. The van der Waals surface area contributed by atoms with Crippen LogP contribution in [-0.2, 0) is 29.5 Å². The maximum atomic E-state index is 11.5. The molecule has 106 valence electrons. The van der Waals surface area contributed by atoms with Crippen molar-refractivity contribution in [2.24, 2.45) is 13.0 Å². The van der Waals surface area contributed by atoms with Gasteiger partial charge in [0, 0.05) is 13.6 Å². The van der Waals surface area contributed by atoms with Crippen LogP contribution in [0.5, 0.6) is 0 Å². The summed E-state index contributed by atoms with van der Waals surface area (Å²) in [5.74, 6) is 0.0208. The number of methoxy groups -OCH3 is 1. The van der Waals surface area contributed by atoms with Crippen LogP contribution in [0, 0.1) is 5.92 Å². The summed E-state index contributed by atoms with van der Waals surface area (Å²) in [5.41, 5.74) is 2.38. The number of hydrogen-bond acceptors (Lipinski definition) is 4. The Morgan fingerprint density at radius 3 is 2.68 bits per heavy atom. The van der Waals surface area contributed by atoms with Crippen LogP contribution in [0.4, 0.5) is 0 Å². The van der Waals surface area contributed by atoms with Crippen LogP contribution in [0.25, 0.3) is 0 Å². The van der Waals surface area contributed by atoms with Crippen LogP contribution in [0.1, 0.15) is 31.2 Å². The lowest BCUT2D eigenvalue weighted by Gasteiger charge is -2.30. The zero-order valence-electron chi connectivity index (χ0n) is 12.1. The van der Waals surface area contributed by atoms with Crippen molar-refractivity contribution in [3.63, 3.8) is 0 Å². The van der Waals surface area contributed by atoms with Crippen molar-refractivity contribution in [3.05, 3.63) is 17.5 Å². The molecule has 0 radical (unpaired) electrons. The maximum absolute atomic E-state index is 11.5. The van der Waals surface area contributed by atoms with Crippen LogP contribution in [-0.4, -0.2) is 40.8 Å². The first-order valence-electron chi connectivity index (χ1n) is 6.96. The van der Waals surface area contributed by atoms with Gasteiger partial charge in [-0.15, -0.1) is 0 Å². The van der Waals surface area contributed by atoms with Crippen molar-refractivity contribution in [2.75, 3.05) is 20.2 Å². The van der Waals surface area contributed by atoms with Gasteiger partial charge in [-0.2, -0.15) is 5.10 Å². The van der Waals surface area contributed by atoms with Gasteiger partial charge in [0.2, 0.25) is 0 Å². The van der Waals surface area contributed by atoms with Crippen molar-refractivity contribution in [3.8, 4) is 0 Å². The average Bonchev–Trinajstić information content (AvgIpc) is 2.79. The average molecular weight is 265 g/mol. The van der Waals surface area contributed by atoms with E-state index in [4.69, 9.17) is 4.74 Å². The molecule has 0 saturated carbocycles. The smallest absolute Gasteiger partial charge is 0.308 e. The zero-order chi connectivity index (χ0) is 13.8. The summed E-state index contributed by atoms with van der Waals surface area (Å²) in [7, 11) is 3.46. The molecule has 0 bridgehead atoms. The van der Waals surface area contributed by atoms with Crippen molar-refractivity contribution in [1.29, 1.82) is 0 Å². The van der Waals surface area contributed by atoms with Gasteiger partial charge in [-0.3, -0.25) is 14.4 Å². The van der Waals surface area contributed by atoms with E-state index in [1.165, 1.54) is 12.8 Å². The van der Waals surface area contributed by atoms with Crippen LogP contribution in [0.2, 0.25) is 0 Å². The Kier molecular flexibility index (Phi) is 4.58. The minimum Gasteiger partial charge on any atom is -0.469 e. The number of aryl methyl sites for hydroxylation is 2. The Morgan fingerprint density at radius 1 is 1.47 bits per heavy atom. The third-order valence-corrected chi connectivity index (χ3v) is 3.90. The fraction of sp³-hybridized carbons (Fsp3) is 0.714. The molecular formula is C14H23N3O2. The second kappa shape index (κ2) is 6.19. The van der Waals surface area contributed by atoms with E-state index < -0.39 is 0 Å². The molecular weight excluding hydrogens is 242 g/mol. The van der Waals surface area contributed by atoms with Gasteiger partial charge in [-0.05, 0) is 38.4 Å². The Bertz CT molecular complexity index is 434. The zero-order valence-corrected chi connectivity index (χ0v) is 12.1. The van der Waals surface area contributed by atoms with E-state index in [0.717, 1.165) is 44.6 Å². The number of rotatable bonds is 4. The van der Waals surface area contributed by atoms with Crippen LogP contribution < -0.4 is 0 Å². The number of carbonyl (C=O) groups excluding carboxylic acids is 1. The number of esters is 1. The van der Waals surface area contributed by atoms with Gasteiger partial charge in [0.15, 0.2) is 0 Å². The van der Waals surface area contributed by atoms with Gasteiger partial charge >= 0.3 is 5.97 Å². The summed E-state index contributed by atoms with van der Waals surface area (Å²) in [6.45, 7) is 4.93. The van der Waals surface area contributed by atoms with Crippen LogP contribution >= 0.6 is 0 Å². The predicted octanol–water partition coefficient (Wildman–Crippen LogP) is 1.37. The third kappa shape index (κ3) is 3.35. The fourth-order valence-electron chi connectivity index (χ4n) is 2.61. The molecule has 0 aromatic carbocycles. The summed E-state index contributed by atoms with van der Waals surface area (Å²) >= 11 is 0. The number of piperidine rings is 1. The van der Waals surface area contributed by atoms with Crippen molar-refractivity contribution >= 4 is 5.97 Å². The minimum absolute atomic E-state index is 0.0616. The Labute approximate surface area is 114 Å². The molecule has 2 heterocycles. The molecule has 5 heteroatoms. The minimum atomic E-state index is -0.0616. The quantitative estimate of drug-likeness (QED) is 0.771. The van der Waals surface area contributed by atoms with Crippen LogP contribution in [0.3, 0.4) is 0 Å². The molecule has 19 heavy (non-hydrogen) atoms. The standard InChI is InChI=1S/C14H23N3O2/c1-4-12-9-13(16(2)15-12)10-17-7-5-11(6-8-17)14(18)19-3/h9,11H,4-8,10H2,1-3H3. The first-order chi connectivity index (χ1) is 9.13. The molecule has 1 aliphatic heterocycles. The van der Waals surface area contributed by atoms with E-state index in [1.54, 1.807) is 0 Å². The highest BCUT2D eigenvalue weighted by molar-refractivity contribution is 5.72. The van der Waals surface area contributed by atoms with Crippen molar-refractivity contribution < 1.29 is 9.53 Å².